The number of carbonyl (C=O) groups excluding carboxylic acids is 1. The van der Waals surface area contributed by atoms with Crippen molar-refractivity contribution in [3.63, 3.8) is 0 Å². The Bertz CT molecular complexity index is 866. The first-order valence-corrected chi connectivity index (χ1v) is 9.35. The van der Waals surface area contributed by atoms with Crippen LogP contribution in [0.5, 0.6) is 0 Å². The highest BCUT2D eigenvalue weighted by Gasteiger charge is 2.34. The second-order valence-corrected chi connectivity index (χ2v) is 7.12. The first kappa shape index (κ1) is 18.0. The highest BCUT2D eigenvalue weighted by Crippen LogP contribution is 2.36. The summed E-state index contributed by atoms with van der Waals surface area (Å²) in [7, 11) is 0. The quantitative estimate of drug-likeness (QED) is 0.767. The number of ether oxygens (including phenoxy) is 1. The molecule has 140 valence electrons. The van der Waals surface area contributed by atoms with Gasteiger partial charge in [0.15, 0.2) is 0 Å². The molecule has 2 aliphatic rings. The van der Waals surface area contributed by atoms with Gasteiger partial charge in [-0.25, -0.2) is 9.18 Å². The van der Waals surface area contributed by atoms with Crippen molar-refractivity contribution in [2.45, 2.75) is 6.04 Å². The summed E-state index contributed by atoms with van der Waals surface area (Å²) in [5.74, 6) is -0.335. The van der Waals surface area contributed by atoms with E-state index in [0.717, 1.165) is 11.1 Å². The Hall–Kier alpha value is -2.37. The highest BCUT2D eigenvalue weighted by molar-refractivity contribution is 6.30. The molecular weight excluding hydrogens is 367 g/mol. The molecule has 1 unspecified atom stereocenters. The van der Waals surface area contributed by atoms with Gasteiger partial charge in [0.05, 0.1) is 19.3 Å². The summed E-state index contributed by atoms with van der Waals surface area (Å²) >= 11 is 6.07. The van der Waals surface area contributed by atoms with Crippen LogP contribution in [0.4, 0.5) is 9.18 Å². The second-order valence-electron chi connectivity index (χ2n) is 6.68. The van der Waals surface area contributed by atoms with Gasteiger partial charge in [-0.3, -0.25) is 0 Å². The van der Waals surface area contributed by atoms with Crippen molar-refractivity contribution in [2.24, 2.45) is 0 Å². The van der Waals surface area contributed by atoms with Crippen LogP contribution in [0.3, 0.4) is 0 Å². The standard InChI is InChI=1S/C21H20ClFN2O2/c22-17-6-7-19(23)18(13-17)16-12-20(15-4-2-1-3-5-15)25(14-16)21(26)24-8-10-27-11-9-24/h1-7,12-13,20H,8-11,14H2. The zero-order valence-electron chi connectivity index (χ0n) is 14.8. The minimum atomic E-state index is -0.335. The summed E-state index contributed by atoms with van der Waals surface area (Å²) in [5.41, 5.74) is 2.21. The van der Waals surface area contributed by atoms with E-state index in [1.165, 1.54) is 12.1 Å². The van der Waals surface area contributed by atoms with Crippen LogP contribution in [0.15, 0.2) is 54.6 Å². The molecule has 4 nitrogen and oxygen atoms in total. The Kier molecular flexibility index (Phi) is 5.14. The van der Waals surface area contributed by atoms with Crippen molar-refractivity contribution in [1.29, 1.82) is 0 Å². The Balaban J connectivity index is 1.69. The van der Waals surface area contributed by atoms with Gasteiger partial charge in [-0.05, 0) is 29.3 Å². The van der Waals surface area contributed by atoms with Crippen LogP contribution in [0, 0.1) is 5.82 Å². The number of hydrogen-bond donors (Lipinski definition) is 0. The van der Waals surface area contributed by atoms with Gasteiger partial charge in [0.1, 0.15) is 5.82 Å². The van der Waals surface area contributed by atoms with Crippen LogP contribution in [0.1, 0.15) is 17.2 Å². The van der Waals surface area contributed by atoms with E-state index in [1.807, 2.05) is 36.4 Å². The van der Waals surface area contributed by atoms with E-state index in [2.05, 4.69) is 0 Å². The topological polar surface area (TPSA) is 32.8 Å². The molecule has 1 atom stereocenters. The molecule has 4 rings (SSSR count). The SMILES string of the molecule is O=C(N1CCOCC1)N1CC(c2cc(Cl)ccc2F)=CC1c1ccccc1. The van der Waals surface area contributed by atoms with E-state index in [-0.39, 0.29) is 17.9 Å². The third kappa shape index (κ3) is 3.70. The Morgan fingerprint density at radius 2 is 1.85 bits per heavy atom. The number of amides is 2. The average molecular weight is 387 g/mol. The lowest BCUT2D eigenvalue weighted by Gasteiger charge is -2.34. The zero-order valence-corrected chi connectivity index (χ0v) is 15.5. The third-order valence-corrected chi connectivity index (χ3v) is 5.21. The van der Waals surface area contributed by atoms with Crippen LogP contribution >= 0.6 is 11.6 Å². The monoisotopic (exact) mass is 386 g/mol. The Morgan fingerprint density at radius 1 is 1.11 bits per heavy atom. The fraction of sp³-hybridized carbons (Fsp3) is 0.286. The molecule has 0 radical (unpaired) electrons. The average Bonchev–Trinajstić information content (AvgIpc) is 3.16. The molecule has 2 amide bonds. The summed E-state index contributed by atoms with van der Waals surface area (Å²) in [6.07, 6.45) is 1.96. The highest BCUT2D eigenvalue weighted by atomic mass is 35.5. The van der Waals surface area contributed by atoms with Crippen molar-refractivity contribution < 1.29 is 13.9 Å². The molecule has 2 aromatic carbocycles. The maximum absolute atomic E-state index is 14.4. The lowest BCUT2D eigenvalue weighted by atomic mass is 10.0. The number of benzene rings is 2. The van der Waals surface area contributed by atoms with Crippen molar-refractivity contribution in [3.8, 4) is 0 Å². The molecule has 0 aromatic heterocycles. The maximum Gasteiger partial charge on any atom is 0.321 e. The number of urea groups is 1. The maximum atomic E-state index is 14.4. The predicted molar refractivity (Wildman–Crippen MR) is 103 cm³/mol. The van der Waals surface area contributed by atoms with Gasteiger partial charge in [-0.1, -0.05) is 48.0 Å². The molecule has 0 bridgehead atoms. The van der Waals surface area contributed by atoms with Gasteiger partial charge in [0, 0.05) is 30.2 Å². The van der Waals surface area contributed by atoms with E-state index in [9.17, 15) is 9.18 Å². The van der Waals surface area contributed by atoms with E-state index in [1.54, 1.807) is 15.9 Å². The van der Waals surface area contributed by atoms with Gasteiger partial charge >= 0.3 is 6.03 Å². The summed E-state index contributed by atoms with van der Waals surface area (Å²) < 4.78 is 19.8. The van der Waals surface area contributed by atoms with E-state index < -0.39 is 0 Å². The summed E-state index contributed by atoms with van der Waals surface area (Å²) in [4.78, 5) is 16.7. The van der Waals surface area contributed by atoms with E-state index in [4.69, 9.17) is 16.3 Å². The van der Waals surface area contributed by atoms with Crippen LogP contribution in [-0.4, -0.2) is 48.7 Å². The first-order chi connectivity index (χ1) is 13.1. The Labute approximate surface area is 162 Å². The van der Waals surface area contributed by atoms with Crippen LogP contribution in [-0.2, 0) is 4.74 Å². The minimum Gasteiger partial charge on any atom is -0.378 e. The number of hydrogen-bond acceptors (Lipinski definition) is 2. The third-order valence-electron chi connectivity index (χ3n) is 4.98. The number of rotatable bonds is 2. The largest absolute Gasteiger partial charge is 0.378 e. The van der Waals surface area contributed by atoms with Gasteiger partial charge in [0.25, 0.3) is 0 Å². The minimum absolute atomic E-state index is 0.0548. The normalized spacial score (nSPS) is 19.9. The molecule has 1 fully saturated rings. The van der Waals surface area contributed by atoms with Gasteiger partial charge in [-0.2, -0.15) is 0 Å². The van der Waals surface area contributed by atoms with Crippen molar-refractivity contribution >= 4 is 23.2 Å². The first-order valence-electron chi connectivity index (χ1n) is 8.98. The zero-order chi connectivity index (χ0) is 18.8. The molecular formula is C21H20ClFN2O2. The van der Waals surface area contributed by atoms with Gasteiger partial charge < -0.3 is 14.5 Å². The van der Waals surface area contributed by atoms with Crippen LogP contribution in [0.2, 0.25) is 5.02 Å². The second kappa shape index (κ2) is 7.71. The van der Waals surface area contributed by atoms with Crippen LogP contribution in [0.25, 0.3) is 5.57 Å². The van der Waals surface area contributed by atoms with Crippen molar-refractivity contribution in [2.75, 3.05) is 32.8 Å². The molecule has 0 aliphatic carbocycles. The number of nitrogens with zero attached hydrogens (tertiary/aromatic N) is 2. The molecule has 1 saturated heterocycles. The van der Waals surface area contributed by atoms with E-state index in [0.29, 0.717) is 43.4 Å². The van der Waals surface area contributed by atoms with Gasteiger partial charge in [-0.15, -0.1) is 0 Å². The molecule has 2 aliphatic heterocycles. The molecule has 2 heterocycles. The molecule has 2 aromatic rings. The molecule has 0 spiro atoms. The smallest absolute Gasteiger partial charge is 0.321 e. The van der Waals surface area contributed by atoms with E-state index >= 15 is 0 Å². The van der Waals surface area contributed by atoms with Crippen LogP contribution < -0.4 is 0 Å². The number of halogens is 2. The molecule has 0 saturated carbocycles. The summed E-state index contributed by atoms with van der Waals surface area (Å²) in [6, 6.07) is 14.0. The molecule has 6 heteroatoms. The van der Waals surface area contributed by atoms with Gasteiger partial charge in [0.2, 0.25) is 0 Å². The summed E-state index contributed by atoms with van der Waals surface area (Å²) in [5, 5.41) is 0.474. The number of morpholine rings is 1. The molecule has 27 heavy (non-hydrogen) atoms. The van der Waals surface area contributed by atoms with Crippen molar-refractivity contribution in [3.05, 3.63) is 76.6 Å². The fourth-order valence-electron chi connectivity index (χ4n) is 3.58. The fourth-order valence-corrected chi connectivity index (χ4v) is 3.76. The summed E-state index contributed by atoms with van der Waals surface area (Å²) in [6.45, 7) is 2.56. The number of carbonyl (C=O) groups is 1. The lowest BCUT2D eigenvalue weighted by molar-refractivity contribution is 0.0430. The lowest BCUT2D eigenvalue weighted by Crippen LogP contribution is -2.48. The predicted octanol–water partition coefficient (Wildman–Crippen LogP) is 4.37. The Morgan fingerprint density at radius 3 is 2.59 bits per heavy atom. The van der Waals surface area contributed by atoms with Crippen molar-refractivity contribution in [1.82, 2.24) is 9.80 Å². The molecule has 0 N–H and O–H groups in total.